The van der Waals surface area contributed by atoms with Crippen molar-refractivity contribution in [1.29, 1.82) is 0 Å². The molecular formula is C69H91N15O12S. The molecule has 1 unspecified atom stereocenters. The predicted molar refractivity (Wildman–Crippen MR) is 364 cm³/mol. The SMILES string of the molecule is COCOc1ccccc1-c1cc2c(nn1)N(C(=O)OC(NC(=O)[C@H](CCCNC(N)=O)NC(=O)[C@@H](N)C(C)C)c1ccccc1)C[C@H]1CN(CC3CCN(CCOc4cc([C@H](C(=O)N5C[C@H](O)C[C@H]5C(=O)N[C@@H](C)c5ccc(-c6scnc6C)cc5)C(C)C)on4)CC3)CCN21. The van der Waals surface area contributed by atoms with E-state index in [1.54, 1.807) is 68.7 Å². The number of amides is 7. The van der Waals surface area contributed by atoms with E-state index in [1.165, 1.54) is 9.80 Å². The summed E-state index contributed by atoms with van der Waals surface area (Å²) < 4.78 is 29.4. The Balaban J connectivity index is 0.757. The van der Waals surface area contributed by atoms with Gasteiger partial charge >= 0.3 is 12.1 Å². The number of piperazine rings is 1. The molecule has 9 N–H and O–H groups in total. The number of aliphatic hydroxyl groups is 1. The second-order valence-corrected chi connectivity index (χ2v) is 26.9. The number of likely N-dealkylation sites (tertiary alicyclic amines) is 2. The van der Waals surface area contributed by atoms with E-state index in [0.717, 1.165) is 60.7 Å². The van der Waals surface area contributed by atoms with Crippen LogP contribution < -0.4 is 52.0 Å². The summed E-state index contributed by atoms with van der Waals surface area (Å²) in [4.78, 5) is 97.9. The number of hydrogen-bond donors (Lipinski definition) is 7. The molecule has 0 radical (unpaired) electrons. The number of carbonyl (C=O) groups excluding carboxylic acids is 6. The van der Waals surface area contributed by atoms with Crippen molar-refractivity contribution < 1.29 is 57.3 Å². The molecule has 3 fully saturated rings. The van der Waals surface area contributed by atoms with Gasteiger partial charge in [0, 0.05) is 76.5 Å². The van der Waals surface area contributed by atoms with Crippen LogP contribution in [0, 0.1) is 24.7 Å². The van der Waals surface area contributed by atoms with E-state index in [1.807, 2.05) is 87.8 Å². The van der Waals surface area contributed by atoms with Gasteiger partial charge in [0.25, 0.3) is 5.88 Å². The van der Waals surface area contributed by atoms with Crippen LogP contribution in [0.25, 0.3) is 21.7 Å². The number of aryl methyl sites for hydroxylation is 1. The van der Waals surface area contributed by atoms with Gasteiger partial charge in [-0.25, -0.2) is 14.6 Å². The zero-order valence-electron chi connectivity index (χ0n) is 56.1. The van der Waals surface area contributed by atoms with Gasteiger partial charge < -0.3 is 71.1 Å². The van der Waals surface area contributed by atoms with Crippen molar-refractivity contribution in [3.8, 4) is 33.3 Å². The maximum atomic E-state index is 15.0. The van der Waals surface area contributed by atoms with Gasteiger partial charge in [0.1, 0.15) is 30.4 Å². The number of thiazole rings is 1. The molecule has 97 heavy (non-hydrogen) atoms. The Kier molecular flexibility index (Phi) is 24.1. The number of urea groups is 1. The van der Waals surface area contributed by atoms with Crippen molar-refractivity contribution in [3.63, 3.8) is 0 Å². The zero-order chi connectivity index (χ0) is 68.9. The van der Waals surface area contributed by atoms with Crippen LogP contribution in [0.5, 0.6) is 11.6 Å². The summed E-state index contributed by atoms with van der Waals surface area (Å²) in [6.45, 7) is 17.2. The maximum Gasteiger partial charge on any atom is 0.417 e. The van der Waals surface area contributed by atoms with E-state index in [9.17, 15) is 33.9 Å². The van der Waals surface area contributed by atoms with Gasteiger partial charge in [0.15, 0.2) is 18.4 Å². The number of nitrogens with two attached hydrogens (primary N) is 2. The molecule has 0 bridgehead atoms. The number of piperidine rings is 1. The number of nitrogens with one attached hydrogen (secondary N) is 4. The number of aromatic nitrogens is 4. The highest BCUT2D eigenvalue weighted by Gasteiger charge is 2.45. The average Bonchev–Trinajstić information content (AvgIpc) is 1.39. The van der Waals surface area contributed by atoms with Crippen molar-refractivity contribution in [2.45, 2.75) is 122 Å². The van der Waals surface area contributed by atoms with E-state index in [-0.39, 0.29) is 93.1 Å². The summed E-state index contributed by atoms with van der Waals surface area (Å²) in [6, 6.07) is 23.6. The number of carbonyl (C=O) groups is 6. The highest BCUT2D eigenvalue weighted by molar-refractivity contribution is 7.13. The molecule has 8 atom stereocenters. The van der Waals surface area contributed by atoms with Gasteiger partial charge in [-0.1, -0.05) is 94.4 Å². The van der Waals surface area contributed by atoms with E-state index >= 15 is 0 Å². The molecule has 4 aliphatic heterocycles. The Morgan fingerprint density at radius 3 is 2.28 bits per heavy atom. The van der Waals surface area contributed by atoms with Crippen molar-refractivity contribution >= 4 is 58.6 Å². The number of benzene rings is 3. The smallest absolute Gasteiger partial charge is 0.417 e. The number of anilines is 2. The molecule has 7 heterocycles. The van der Waals surface area contributed by atoms with Gasteiger partial charge in [-0.15, -0.1) is 21.5 Å². The zero-order valence-corrected chi connectivity index (χ0v) is 57.0. The molecule has 28 heteroatoms. The topological polar surface area (TPSA) is 341 Å². The molecule has 6 aromatic rings. The lowest BCUT2D eigenvalue weighted by molar-refractivity contribution is -0.141. The van der Waals surface area contributed by atoms with Crippen LogP contribution in [0.4, 0.5) is 21.1 Å². The summed E-state index contributed by atoms with van der Waals surface area (Å²) in [5, 5.41) is 35.6. The van der Waals surface area contributed by atoms with Crippen molar-refractivity contribution in [2.75, 3.05) is 95.8 Å². The number of para-hydroxylation sites is 1. The minimum absolute atomic E-state index is 0.0130. The van der Waals surface area contributed by atoms with E-state index in [2.05, 4.69) is 51.2 Å². The van der Waals surface area contributed by atoms with E-state index in [4.69, 9.17) is 40.0 Å². The molecule has 0 spiro atoms. The first-order valence-corrected chi connectivity index (χ1v) is 34.2. The highest BCUT2D eigenvalue weighted by Crippen LogP contribution is 2.41. The van der Waals surface area contributed by atoms with Gasteiger partial charge in [-0.05, 0) is 105 Å². The molecule has 10 rings (SSSR count). The van der Waals surface area contributed by atoms with E-state index < -0.39 is 60.3 Å². The standard InChI is InChI=1S/C69H91N15O12S/c1-41(2)59(67(89)83-38-50(85)32-55(83)64(87)74-43(5)46-19-21-47(22-20-46)61-44(6)73-39-97-61)57-34-58(79-96-57)93-31-30-80-26-23-45(24-27-80)35-81-28-29-82-49(36-81)37-84(62-54(82)33-53(77-78-62)51-16-11-12-18-56(51)94-40-92-7)69(91)95-66(48-14-9-8-10-15-48)76-63(86)52(17-13-25-72-68(71)90)75-65(88)60(70)42(3)4/h8-12,14-16,18-22,33-34,39,41-43,45,49-50,52,55,59-60,66,85H,13,17,23-32,35-38,40,70H2,1-7H3,(H,74,87)(H,75,88)(H,76,86)(H3,71,72,90)/t43-,49+,50+,52-,55-,59+,60-,66?/m0/s1. The van der Waals surface area contributed by atoms with Crippen molar-refractivity contribution in [1.82, 2.24) is 56.3 Å². The highest BCUT2D eigenvalue weighted by atomic mass is 32.1. The lowest BCUT2D eigenvalue weighted by Gasteiger charge is -2.48. The minimum atomic E-state index is -1.32. The number of β-amino-alcohol motifs (C(OH)–C–C–N with tert-alkyl or cyclic N) is 1. The van der Waals surface area contributed by atoms with Gasteiger partial charge in [-0.2, -0.15) is 0 Å². The molecule has 3 aromatic heterocycles. The summed E-state index contributed by atoms with van der Waals surface area (Å²) in [7, 11) is 1.54. The molecule has 27 nitrogen and oxygen atoms in total. The van der Waals surface area contributed by atoms with Crippen LogP contribution in [-0.2, 0) is 28.7 Å². The fraction of sp³-hybridized carbons (Fsp3) is 0.507. The van der Waals surface area contributed by atoms with Gasteiger partial charge in [-0.3, -0.25) is 33.9 Å². The quantitative estimate of drug-likeness (QED) is 0.0216. The van der Waals surface area contributed by atoms with E-state index in [0.29, 0.717) is 66.2 Å². The van der Waals surface area contributed by atoms with Crippen LogP contribution in [0.3, 0.4) is 0 Å². The number of primary amides is 1. The normalized spacial score (nSPS) is 19.1. The Labute approximate surface area is 569 Å². The summed E-state index contributed by atoms with van der Waals surface area (Å²) in [5.41, 5.74) is 18.6. The van der Waals surface area contributed by atoms with Gasteiger partial charge in [0.2, 0.25) is 29.9 Å². The van der Waals surface area contributed by atoms with Gasteiger partial charge in [0.05, 0.1) is 58.2 Å². The van der Waals surface area contributed by atoms with Crippen LogP contribution >= 0.6 is 11.3 Å². The molecule has 3 saturated heterocycles. The molecule has 0 aliphatic carbocycles. The van der Waals surface area contributed by atoms with Crippen LogP contribution in [-0.4, -0.2) is 192 Å². The molecule has 7 amide bonds. The minimum Gasteiger partial charge on any atom is -0.474 e. The van der Waals surface area contributed by atoms with Crippen molar-refractivity contribution in [3.05, 3.63) is 119 Å². The first-order chi connectivity index (χ1) is 46.7. The second kappa shape index (κ2) is 33.0. The second-order valence-electron chi connectivity index (χ2n) is 26.1. The lowest BCUT2D eigenvalue weighted by Crippen LogP contribution is -2.61. The monoisotopic (exact) mass is 1350 g/mol. The number of methoxy groups -OCH3 is 1. The Morgan fingerprint density at radius 2 is 1.57 bits per heavy atom. The molecular weight excluding hydrogens is 1260 g/mol. The third-order valence-corrected chi connectivity index (χ3v) is 19.5. The largest absolute Gasteiger partial charge is 0.474 e. The summed E-state index contributed by atoms with van der Waals surface area (Å²) in [6.07, 6.45) is -0.573. The number of fused-ring (bicyclic) bond motifs is 3. The lowest BCUT2D eigenvalue weighted by atomic mass is 9.91. The maximum absolute atomic E-state index is 15.0. The van der Waals surface area contributed by atoms with Crippen molar-refractivity contribution in [2.24, 2.45) is 29.2 Å². The fourth-order valence-corrected chi connectivity index (χ4v) is 13.9. The summed E-state index contributed by atoms with van der Waals surface area (Å²) >= 11 is 1.58. The number of aliphatic hydroxyl groups excluding tert-OH is 1. The Bertz CT molecular complexity index is 3650. The average molecular weight is 1350 g/mol. The van der Waals surface area contributed by atoms with Crippen LogP contribution in [0.15, 0.2) is 101 Å². The number of hydrogen-bond acceptors (Lipinski definition) is 21. The third-order valence-electron chi connectivity index (χ3n) is 18.5. The number of rotatable bonds is 28. The Morgan fingerprint density at radius 1 is 0.814 bits per heavy atom. The molecule has 4 aliphatic rings. The summed E-state index contributed by atoms with van der Waals surface area (Å²) in [5.74, 6) is -1.28. The molecule has 3 aromatic carbocycles. The molecule has 520 valence electrons. The number of nitrogens with zero attached hydrogens (tertiary/aromatic N) is 9. The predicted octanol–water partition coefficient (Wildman–Crippen LogP) is 6.09. The third kappa shape index (κ3) is 17.9. The number of ether oxygens (including phenoxy) is 4. The Hall–Kier alpha value is -8.80. The molecule has 0 saturated carbocycles. The fourth-order valence-electron chi connectivity index (χ4n) is 13.1. The van der Waals surface area contributed by atoms with Crippen LogP contribution in [0.2, 0.25) is 0 Å². The van der Waals surface area contributed by atoms with Crippen LogP contribution in [0.1, 0.15) is 107 Å². The first kappa shape index (κ1) is 71.0. The first-order valence-electron chi connectivity index (χ1n) is 33.3.